The predicted octanol–water partition coefficient (Wildman–Crippen LogP) is 4.24. The fraction of sp³-hybridized carbons (Fsp3) is 0.400. The minimum Gasteiger partial charge on any atom is -0.315 e. The number of nitriles is 1. The third-order valence-corrected chi connectivity index (χ3v) is 5.86. The first kappa shape index (κ1) is 19.5. The topological polar surface area (TPSA) is 56.1 Å². The Hall–Kier alpha value is -2.30. The molecule has 0 fully saturated rings. The molecule has 1 aromatic carbocycles. The van der Waals surface area contributed by atoms with Crippen LogP contribution in [-0.4, -0.2) is 24.4 Å². The van der Waals surface area contributed by atoms with E-state index in [4.69, 9.17) is 0 Å². The van der Waals surface area contributed by atoms with E-state index < -0.39 is 11.6 Å². The summed E-state index contributed by atoms with van der Waals surface area (Å²) in [5.41, 5.74) is 1.99. The van der Waals surface area contributed by atoms with Gasteiger partial charge in [0.25, 0.3) is 0 Å². The van der Waals surface area contributed by atoms with Gasteiger partial charge in [-0.15, -0.1) is 11.3 Å². The second-order valence-corrected chi connectivity index (χ2v) is 7.94. The number of rotatable bonds is 5. The van der Waals surface area contributed by atoms with Gasteiger partial charge in [-0.3, -0.25) is 9.69 Å². The summed E-state index contributed by atoms with van der Waals surface area (Å²) in [5, 5.41) is 13.0. The van der Waals surface area contributed by atoms with Crippen molar-refractivity contribution in [3.05, 3.63) is 51.4 Å². The quantitative estimate of drug-likeness (QED) is 0.779. The van der Waals surface area contributed by atoms with Gasteiger partial charge in [-0.1, -0.05) is 12.5 Å². The van der Waals surface area contributed by atoms with Crippen molar-refractivity contribution in [2.24, 2.45) is 0 Å². The van der Waals surface area contributed by atoms with Crippen LogP contribution in [0.2, 0.25) is 0 Å². The third kappa shape index (κ3) is 4.71. The van der Waals surface area contributed by atoms with Gasteiger partial charge in [0.05, 0.1) is 12.1 Å². The van der Waals surface area contributed by atoms with Crippen LogP contribution in [0.15, 0.2) is 18.2 Å². The lowest BCUT2D eigenvalue weighted by Crippen LogP contribution is -2.30. The van der Waals surface area contributed by atoms with Crippen LogP contribution >= 0.6 is 11.3 Å². The Balaban J connectivity index is 1.64. The van der Waals surface area contributed by atoms with Gasteiger partial charge >= 0.3 is 0 Å². The maximum Gasteiger partial charge on any atom is 0.239 e. The standard InChI is InChI=1S/C20H21F2N3OS/c1-25(11-13-7-8-14(21)9-17(13)22)12-19(26)24-20-16(10-23)15-5-3-2-4-6-18(15)27-20/h7-9H,2-6,11-12H2,1H3,(H,24,26). The van der Waals surface area contributed by atoms with Gasteiger partial charge in [0.2, 0.25) is 5.91 Å². The van der Waals surface area contributed by atoms with Crippen LogP contribution in [-0.2, 0) is 24.2 Å². The number of nitrogens with zero attached hydrogens (tertiary/aromatic N) is 2. The highest BCUT2D eigenvalue weighted by Crippen LogP contribution is 2.36. The highest BCUT2D eigenvalue weighted by molar-refractivity contribution is 7.16. The smallest absolute Gasteiger partial charge is 0.239 e. The number of amides is 1. The van der Waals surface area contributed by atoms with Crippen LogP contribution < -0.4 is 5.32 Å². The second kappa shape index (κ2) is 8.59. The Morgan fingerprint density at radius 1 is 1.30 bits per heavy atom. The number of hydrogen-bond donors (Lipinski definition) is 1. The number of carbonyl (C=O) groups excluding carboxylic acids is 1. The van der Waals surface area contributed by atoms with Crippen LogP contribution in [0, 0.1) is 23.0 Å². The van der Waals surface area contributed by atoms with Gasteiger partial charge in [-0.05, 0) is 44.4 Å². The molecule has 0 spiro atoms. The zero-order valence-corrected chi connectivity index (χ0v) is 16.0. The SMILES string of the molecule is CN(CC(=O)Nc1sc2c(c1C#N)CCCCC2)Cc1ccc(F)cc1F. The summed E-state index contributed by atoms with van der Waals surface area (Å²) in [6.45, 7) is 0.232. The number of nitrogens with one attached hydrogen (secondary N) is 1. The molecule has 0 unspecified atom stereocenters. The molecule has 0 saturated carbocycles. The van der Waals surface area contributed by atoms with Crippen LogP contribution in [0.1, 0.15) is 40.8 Å². The van der Waals surface area contributed by atoms with Crippen molar-refractivity contribution >= 4 is 22.2 Å². The molecule has 0 bridgehead atoms. The highest BCUT2D eigenvalue weighted by Gasteiger charge is 2.21. The van der Waals surface area contributed by atoms with Crippen molar-refractivity contribution in [1.29, 1.82) is 5.26 Å². The third-order valence-electron chi connectivity index (χ3n) is 4.65. The van der Waals surface area contributed by atoms with E-state index in [0.717, 1.165) is 37.3 Å². The van der Waals surface area contributed by atoms with Crippen molar-refractivity contribution in [2.75, 3.05) is 18.9 Å². The van der Waals surface area contributed by atoms with Crippen molar-refractivity contribution in [2.45, 2.75) is 38.6 Å². The molecule has 0 atom stereocenters. The van der Waals surface area contributed by atoms with E-state index >= 15 is 0 Å². The fourth-order valence-corrected chi connectivity index (χ4v) is 4.61. The lowest BCUT2D eigenvalue weighted by atomic mass is 10.1. The molecule has 142 valence electrons. The molecule has 27 heavy (non-hydrogen) atoms. The van der Waals surface area contributed by atoms with E-state index in [2.05, 4.69) is 11.4 Å². The van der Waals surface area contributed by atoms with Gasteiger partial charge in [0.1, 0.15) is 22.7 Å². The monoisotopic (exact) mass is 389 g/mol. The van der Waals surface area contributed by atoms with Crippen molar-refractivity contribution in [3.63, 3.8) is 0 Å². The molecule has 1 amide bonds. The highest BCUT2D eigenvalue weighted by atomic mass is 32.1. The van der Waals surface area contributed by atoms with Crippen LogP contribution in [0.25, 0.3) is 0 Å². The number of hydrogen-bond acceptors (Lipinski definition) is 4. The Morgan fingerprint density at radius 3 is 2.81 bits per heavy atom. The molecule has 1 N–H and O–H groups in total. The van der Waals surface area contributed by atoms with E-state index in [1.54, 1.807) is 11.9 Å². The minimum absolute atomic E-state index is 0.0459. The molecule has 0 radical (unpaired) electrons. The summed E-state index contributed by atoms with van der Waals surface area (Å²) >= 11 is 1.49. The maximum absolute atomic E-state index is 13.8. The first-order chi connectivity index (χ1) is 13.0. The average Bonchev–Trinajstić information content (AvgIpc) is 2.76. The number of fused-ring (bicyclic) bond motifs is 1. The van der Waals surface area contributed by atoms with Gasteiger partial charge in [-0.25, -0.2) is 8.78 Å². The van der Waals surface area contributed by atoms with E-state index in [1.165, 1.54) is 34.8 Å². The molecule has 0 aliphatic heterocycles. The maximum atomic E-state index is 13.8. The van der Waals surface area contributed by atoms with E-state index in [1.807, 2.05) is 0 Å². The fourth-order valence-electron chi connectivity index (χ4n) is 3.36. The van der Waals surface area contributed by atoms with E-state index in [-0.39, 0.29) is 19.0 Å². The normalized spacial score (nSPS) is 13.7. The molecule has 1 heterocycles. The van der Waals surface area contributed by atoms with Crippen LogP contribution in [0.5, 0.6) is 0 Å². The summed E-state index contributed by atoms with van der Waals surface area (Å²) in [6, 6.07) is 5.65. The van der Waals surface area contributed by atoms with Crippen LogP contribution in [0.3, 0.4) is 0 Å². The average molecular weight is 389 g/mol. The largest absolute Gasteiger partial charge is 0.315 e. The summed E-state index contributed by atoms with van der Waals surface area (Å²) in [6.07, 6.45) is 5.18. The number of carbonyl (C=O) groups is 1. The number of aryl methyl sites for hydroxylation is 1. The number of anilines is 1. The van der Waals surface area contributed by atoms with Gasteiger partial charge in [0, 0.05) is 23.1 Å². The molecule has 1 aliphatic carbocycles. The predicted molar refractivity (Wildman–Crippen MR) is 102 cm³/mol. The van der Waals surface area contributed by atoms with E-state index in [0.29, 0.717) is 16.1 Å². The van der Waals surface area contributed by atoms with Crippen molar-refractivity contribution in [1.82, 2.24) is 4.90 Å². The van der Waals surface area contributed by atoms with Gasteiger partial charge in [0.15, 0.2) is 0 Å². The second-order valence-electron chi connectivity index (χ2n) is 6.84. The first-order valence-corrected chi connectivity index (χ1v) is 9.76. The lowest BCUT2D eigenvalue weighted by Gasteiger charge is -2.16. The molecule has 0 saturated heterocycles. The number of halogens is 2. The molecule has 1 aliphatic rings. The first-order valence-electron chi connectivity index (χ1n) is 8.95. The number of benzene rings is 1. The molecule has 4 nitrogen and oxygen atoms in total. The summed E-state index contributed by atoms with van der Waals surface area (Å²) in [5.74, 6) is -1.51. The zero-order valence-electron chi connectivity index (χ0n) is 15.1. The van der Waals surface area contributed by atoms with Crippen molar-refractivity contribution < 1.29 is 13.6 Å². The minimum atomic E-state index is -0.629. The summed E-state index contributed by atoms with van der Waals surface area (Å²) < 4.78 is 26.7. The number of thiophene rings is 1. The lowest BCUT2D eigenvalue weighted by molar-refractivity contribution is -0.117. The molecular weight excluding hydrogens is 368 g/mol. The van der Waals surface area contributed by atoms with Crippen LogP contribution in [0.4, 0.5) is 13.8 Å². The Morgan fingerprint density at radius 2 is 2.07 bits per heavy atom. The van der Waals surface area contributed by atoms with Gasteiger partial charge in [-0.2, -0.15) is 5.26 Å². The summed E-state index contributed by atoms with van der Waals surface area (Å²) in [4.78, 5) is 15.2. The molecule has 2 aromatic rings. The van der Waals surface area contributed by atoms with Gasteiger partial charge < -0.3 is 5.32 Å². The molecule has 1 aromatic heterocycles. The number of likely N-dealkylation sites (N-methyl/N-ethyl adjacent to an activating group) is 1. The molecular formula is C20H21F2N3OS. The Labute approximate surface area is 161 Å². The summed E-state index contributed by atoms with van der Waals surface area (Å²) in [7, 11) is 1.69. The zero-order chi connectivity index (χ0) is 19.4. The molecule has 7 heteroatoms. The van der Waals surface area contributed by atoms with Crippen molar-refractivity contribution in [3.8, 4) is 6.07 Å². The Bertz CT molecular complexity index is 888. The van der Waals surface area contributed by atoms with E-state index in [9.17, 15) is 18.8 Å². The molecule has 3 rings (SSSR count). The Kier molecular flexibility index (Phi) is 6.19.